The van der Waals surface area contributed by atoms with E-state index >= 15 is 0 Å². The minimum Gasteiger partial charge on any atom is -0.508 e. The molecule has 6 nitrogen and oxygen atoms in total. The topological polar surface area (TPSA) is 121 Å². The zero-order chi connectivity index (χ0) is 19.9. The van der Waals surface area contributed by atoms with Gasteiger partial charge in [-0.25, -0.2) is 0 Å². The first-order valence-corrected chi connectivity index (χ1v) is 8.27. The van der Waals surface area contributed by atoms with Crippen LogP contribution in [-0.4, -0.2) is 30.6 Å². The van der Waals surface area contributed by atoms with E-state index in [1.165, 1.54) is 36.4 Å². The minimum absolute atomic E-state index is 0.0744. The van der Waals surface area contributed by atoms with E-state index < -0.39 is 5.92 Å². The normalized spacial score (nSPS) is 11.1. The third kappa shape index (κ3) is 3.06. The molecule has 3 aromatic rings. The van der Waals surface area contributed by atoms with Gasteiger partial charge in [-0.2, -0.15) is 0 Å². The van der Waals surface area contributed by atoms with Gasteiger partial charge >= 0.3 is 0 Å². The maximum Gasteiger partial charge on any atom is 0.157 e. The lowest BCUT2D eigenvalue weighted by Gasteiger charge is -2.23. The van der Waals surface area contributed by atoms with Crippen LogP contribution in [0.15, 0.2) is 42.5 Å². The molecule has 0 fully saturated rings. The van der Waals surface area contributed by atoms with Crippen molar-refractivity contribution >= 4 is 0 Å². The summed E-state index contributed by atoms with van der Waals surface area (Å²) in [7, 11) is 0. The molecule has 0 unspecified atom stereocenters. The fourth-order valence-corrected chi connectivity index (χ4v) is 3.13. The Morgan fingerprint density at radius 2 is 1.00 bits per heavy atom. The van der Waals surface area contributed by atoms with Gasteiger partial charge in [0.25, 0.3) is 0 Å². The lowest BCUT2D eigenvalue weighted by molar-refractivity contribution is 0.402. The summed E-state index contributed by atoms with van der Waals surface area (Å²) in [5.74, 6) is -1.83. The molecule has 0 aromatic heterocycles. The molecule has 0 heterocycles. The molecule has 0 radical (unpaired) electrons. The predicted molar refractivity (Wildman–Crippen MR) is 99.7 cm³/mol. The molecule has 0 aliphatic rings. The van der Waals surface area contributed by atoms with Crippen molar-refractivity contribution in [2.24, 2.45) is 0 Å². The van der Waals surface area contributed by atoms with Gasteiger partial charge in [-0.3, -0.25) is 0 Å². The van der Waals surface area contributed by atoms with Crippen LogP contribution in [0, 0.1) is 13.8 Å². The molecule has 0 spiro atoms. The molecular formula is C21H20O6. The number of hydrogen-bond acceptors (Lipinski definition) is 6. The van der Waals surface area contributed by atoms with E-state index in [1.807, 2.05) is 0 Å². The first-order valence-electron chi connectivity index (χ1n) is 8.27. The first-order chi connectivity index (χ1) is 12.7. The average Bonchev–Trinajstić information content (AvgIpc) is 2.64. The largest absolute Gasteiger partial charge is 0.508 e. The van der Waals surface area contributed by atoms with Crippen LogP contribution in [0.5, 0.6) is 34.5 Å². The van der Waals surface area contributed by atoms with Crippen molar-refractivity contribution in [3.63, 3.8) is 0 Å². The van der Waals surface area contributed by atoms with Crippen LogP contribution in [0.3, 0.4) is 0 Å². The Balaban J connectivity index is 2.33. The molecule has 0 aliphatic heterocycles. The number of phenolic OH excluding ortho intramolecular Hbond substituents is 6. The monoisotopic (exact) mass is 368 g/mol. The van der Waals surface area contributed by atoms with Crippen molar-refractivity contribution in [1.29, 1.82) is 0 Å². The molecule has 27 heavy (non-hydrogen) atoms. The lowest BCUT2D eigenvalue weighted by Crippen LogP contribution is -2.05. The molecule has 0 atom stereocenters. The Morgan fingerprint density at radius 3 is 1.44 bits per heavy atom. The maximum absolute atomic E-state index is 10.6. The highest BCUT2D eigenvalue weighted by atomic mass is 16.3. The van der Waals surface area contributed by atoms with Gasteiger partial charge in [-0.05, 0) is 43.7 Å². The van der Waals surface area contributed by atoms with E-state index in [0.29, 0.717) is 16.7 Å². The summed E-state index contributed by atoms with van der Waals surface area (Å²) < 4.78 is 0. The number of phenols is 6. The maximum atomic E-state index is 10.6. The zero-order valence-electron chi connectivity index (χ0n) is 14.8. The van der Waals surface area contributed by atoms with Crippen LogP contribution in [0.4, 0.5) is 0 Å². The van der Waals surface area contributed by atoms with Crippen LogP contribution in [0.1, 0.15) is 33.7 Å². The van der Waals surface area contributed by atoms with Gasteiger partial charge in [0.2, 0.25) is 0 Å². The Hall–Kier alpha value is -3.54. The molecular weight excluding hydrogens is 348 g/mol. The van der Waals surface area contributed by atoms with Crippen LogP contribution in [-0.2, 0) is 0 Å². The second-order valence-electron chi connectivity index (χ2n) is 6.48. The zero-order valence-corrected chi connectivity index (χ0v) is 14.8. The summed E-state index contributed by atoms with van der Waals surface area (Å²) in [5, 5.41) is 60.5. The number of aromatic hydroxyl groups is 6. The van der Waals surface area contributed by atoms with E-state index in [4.69, 9.17) is 0 Å². The highest BCUT2D eigenvalue weighted by Gasteiger charge is 2.26. The SMILES string of the molecule is Cc1c(O)ccc(C(c2ccc(O)c(O)c2)c2ccc(O)c(C)c2O)c1O. The molecule has 0 saturated carbocycles. The van der Waals surface area contributed by atoms with E-state index in [2.05, 4.69) is 0 Å². The molecule has 3 aromatic carbocycles. The van der Waals surface area contributed by atoms with Crippen molar-refractivity contribution in [2.75, 3.05) is 0 Å². The number of rotatable bonds is 3. The fraction of sp³-hybridized carbons (Fsp3) is 0.143. The Morgan fingerprint density at radius 1 is 0.556 bits per heavy atom. The Labute approximate surface area is 155 Å². The van der Waals surface area contributed by atoms with E-state index in [0.717, 1.165) is 0 Å². The van der Waals surface area contributed by atoms with Crippen molar-refractivity contribution in [3.8, 4) is 34.5 Å². The van der Waals surface area contributed by atoms with Crippen molar-refractivity contribution in [1.82, 2.24) is 0 Å². The van der Waals surface area contributed by atoms with Crippen molar-refractivity contribution in [3.05, 3.63) is 70.3 Å². The average molecular weight is 368 g/mol. The molecule has 140 valence electrons. The summed E-state index contributed by atoms with van der Waals surface area (Å²) in [6.07, 6.45) is 0. The molecule has 0 amide bonds. The van der Waals surface area contributed by atoms with E-state index in [1.54, 1.807) is 19.9 Å². The molecule has 6 N–H and O–H groups in total. The van der Waals surface area contributed by atoms with Crippen LogP contribution in [0.2, 0.25) is 0 Å². The second-order valence-corrected chi connectivity index (χ2v) is 6.48. The first kappa shape index (κ1) is 18.3. The van der Waals surface area contributed by atoms with Gasteiger partial charge in [0.1, 0.15) is 23.0 Å². The summed E-state index contributed by atoms with van der Waals surface area (Å²) >= 11 is 0. The summed E-state index contributed by atoms with van der Waals surface area (Å²) in [6, 6.07) is 10.1. The standard InChI is InChI=1S/C21H20O6/c1-10-15(22)7-4-13(20(10)26)19(12-3-6-17(24)18(25)9-12)14-5-8-16(23)11(2)21(14)27/h3-9,19,22-27H,1-2H3. The van der Waals surface area contributed by atoms with Crippen LogP contribution >= 0.6 is 0 Å². The highest BCUT2D eigenvalue weighted by molar-refractivity contribution is 5.60. The van der Waals surface area contributed by atoms with Gasteiger partial charge in [0.15, 0.2) is 11.5 Å². The second kappa shape index (κ2) is 6.64. The molecule has 0 aliphatic carbocycles. The quantitative estimate of drug-likeness (QED) is 0.310. The van der Waals surface area contributed by atoms with Gasteiger partial charge in [0.05, 0.1) is 0 Å². The summed E-state index contributed by atoms with van der Waals surface area (Å²) in [6.45, 7) is 3.11. The van der Waals surface area contributed by atoms with E-state index in [-0.39, 0.29) is 45.6 Å². The van der Waals surface area contributed by atoms with Gasteiger partial charge in [0, 0.05) is 28.2 Å². The van der Waals surface area contributed by atoms with Gasteiger partial charge in [-0.1, -0.05) is 18.2 Å². The number of benzene rings is 3. The lowest BCUT2D eigenvalue weighted by atomic mass is 9.82. The smallest absolute Gasteiger partial charge is 0.157 e. The van der Waals surface area contributed by atoms with Gasteiger partial charge in [-0.15, -0.1) is 0 Å². The molecule has 0 bridgehead atoms. The molecule has 0 saturated heterocycles. The van der Waals surface area contributed by atoms with Crippen LogP contribution < -0.4 is 0 Å². The predicted octanol–water partition coefficient (Wildman–Crippen LogP) is 3.72. The summed E-state index contributed by atoms with van der Waals surface area (Å²) in [5.41, 5.74) is 1.81. The Bertz CT molecular complexity index is 968. The van der Waals surface area contributed by atoms with Crippen molar-refractivity contribution in [2.45, 2.75) is 19.8 Å². The summed E-state index contributed by atoms with van der Waals surface area (Å²) in [4.78, 5) is 0. The van der Waals surface area contributed by atoms with Crippen molar-refractivity contribution < 1.29 is 30.6 Å². The van der Waals surface area contributed by atoms with Crippen LogP contribution in [0.25, 0.3) is 0 Å². The molecule has 6 heteroatoms. The highest BCUT2D eigenvalue weighted by Crippen LogP contribution is 2.46. The molecule has 3 rings (SSSR count). The van der Waals surface area contributed by atoms with Gasteiger partial charge < -0.3 is 30.6 Å². The fourth-order valence-electron chi connectivity index (χ4n) is 3.13. The number of hydrogen-bond donors (Lipinski definition) is 6. The third-order valence-electron chi connectivity index (χ3n) is 4.82. The van der Waals surface area contributed by atoms with E-state index in [9.17, 15) is 30.6 Å². The third-order valence-corrected chi connectivity index (χ3v) is 4.82. The minimum atomic E-state index is -0.727. The Kier molecular flexibility index (Phi) is 4.49.